The third-order valence-corrected chi connectivity index (χ3v) is 5.98. The number of rotatable bonds is 5. The predicted molar refractivity (Wildman–Crippen MR) is 142 cm³/mol. The number of hydrogen-bond acceptors (Lipinski definition) is 2. The summed E-state index contributed by atoms with van der Waals surface area (Å²) in [6.45, 7) is 0. The standard InChI is InChI=1S/C30H18Cl2N2/c31-29-17-23(19-33)7-15-27(29)13-5-21-1-9-25(10-2-21)26-11-3-22(4-12-26)6-14-28-16-8-24(20-34)18-30(28)32/h1-18H. The fraction of sp³-hybridized carbons (Fsp3) is 0. The lowest BCUT2D eigenvalue weighted by Crippen LogP contribution is -1.81. The molecule has 0 saturated heterocycles. The Balaban J connectivity index is 1.44. The van der Waals surface area contributed by atoms with Gasteiger partial charge in [-0.25, -0.2) is 0 Å². The van der Waals surface area contributed by atoms with Crippen molar-refractivity contribution in [1.82, 2.24) is 0 Å². The molecule has 0 spiro atoms. The number of benzene rings is 4. The van der Waals surface area contributed by atoms with Crippen LogP contribution in [0.25, 0.3) is 35.4 Å². The molecule has 4 rings (SSSR count). The van der Waals surface area contributed by atoms with Crippen molar-refractivity contribution < 1.29 is 0 Å². The molecule has 4 aromatic carbocycles. The van der Waals surface area contributed by atoms with E-state index in [4.69, 9.17) is 33.7 Å². The molecule has 2 nitrogen and oxygen atoms in total. The lowest BCUT2D eigenvalue weighted by Gasteiger charge is -2.04. The monoisotopic (exact) mass is 476 g/mol. The van der Waals surface area contributed by atoms with Gasteiger partial charge in [-0.05, 0) is 57.6 Å². The summed E-state index contributed by atoms with van der Waals surface area (Å²) < 4.78 is 0. The second-order valence-electron chi connectivity index (χ2n) is 7.61. The number of halogens is 2. The minimum atomic E-state index is 0.547. The largest absolute Gasteiger partial charge is 0.192 e. The lowest BCUT2D eigenvalue weighted by atomic mass is 10.0. The van der Waals surface area contributed by atoms with Crippen molar-refractivity contribution in [2.75, 3.05) is 0 Å². The summed E-state index contributed by atoms with van der Waals surface area (Å²) in [5, 5.41) is 19.0. The SMILES string of the molecule is N#Cc1ccc(C=Cc2ccc(-c3ccc(C=Cc4ccc(C#N)cc4Cl)cc3)cc2)c(Cl)c1. The first-order valence-electron chi connectivity index (χ1n) is 10.5. The topological polar surface area (TPSA) is 47.6 Å². The molecule has 0 atom stereocenters. The average molecular weight is 477 g/mol. The van der Waals surface area contributed by atoms with Gasteiger partial charge >= 0.3 is 0 Å². The highest BCUT2D eigenvalue weighted by Gasteiger charge is 2.01. The minimum absolute atomic E-state index is 0.547. The van der Waals surface area contributed by atoms with E-state index in [0.717, 1.165) is 33.4 Å². The van der Waals surface area contributed by atoms with Crippen molar-refractivity contribution in [2.24, 2.45) is 0 Å². The van der Waals surface area contributed by atoms with Crippen LogP contribution in [0.2, 0.25) is 10.0 Å². The zero-order valence-electron chi connectivity index (χ0n) is 18.0. The number of nitrogens with zero attached hydrogens (tertiary/aromatic N) is 2. The average Bonchev–Trinajstić information content (AvgIpc) is 2.88. The summed E-state index contributed by atoms with van der Waals surface area (Å²) in [6.07, 6.45) is 7.89. The molecule has 0 aliphatic rings. The summed E-state index contributed by atoms with van der Waals surface area (Å²) in [6, 6.07) is 31.3. The molecular weight excluding hydrogens is 459 g/mol. The van der Waals surface area contributed by atoms with Gasteiger partial charge in [0.15, 0.2) is 0 Å². The Kier molecular flexibility index (Phi) is 7.26. The van der Waals surface area contributed by atoms with E-state index < -0.39 is 0 Å². The molecule has 0 unspecified atom stereocenters. The van der Waals surface area contributed by atoms with Gasteiger partial charge in [0.2, 0.25) is 0 Å². The zero-order valence-corrected chi connectivity index (χ0v) is 19.6. The van der Waals surface area contributed by atoms with Crippen molar-refractivity contribution in [2.45, 2.75) is 0 Å². The number of hydrogen-bond donors (Lipinski definition) is 0. The van der Waals surface area contributed by atoms with Crippen LogP contribution in [0.4, 0.5) is 0 Å². The molecular formula is C30H18Cl2N2. The Bertz CT molecular complexity index is 1350. The Morgan fingerprint density at radius 1 is 0.500 bits per heavy atom. The van der Waals surface area contributed by atoms with E-state index in [2.05, 4.69) is 60.7 Å². The van der Waals surface area contributed by atoms with Crippen molar-refractivity contribution in [3.63, 3.8) is 0 Å². The molecule has 4 heteroatoms. The minimum Gasteiger partial charge on any atom is -0.192 e. The van der Waals surface area contributed by atoms with Crippen LogP contribution in [0.5, 0.6) is 0 Å². The van der Waals surface area contributed by atoms with Crippen molar-refractivity contribution in [3.8, 4) is 23.3 Å². The molecule has 0 aliphatic heterocycles. The Hall–Kier alpha value is -4.08. The predicted octanol–water partition coefficient (Wildman–Crippen LogP) is 8.74. The molecule has 0 aliphatic carbocycles. The van der Waals surface area contributed by atoms with Crippen LogP contribution in [0.3, 0.4) is 0 Å². The van der Waals surface area contributed by atoms with Crippen LogP contribution in [0.15, 0.2) is 84.9 Å². The van der Waals surface area contributed by atoms with Gasteiger partial charge in [-0.2, -0.15) is 10.5 Å². The second-order valence-corrected chi connectivity index (χ2v) is 8.42. The zero-order chi connectivity index (χ0) is 23.9. The van der Waals surface area contributed by atoms with Gasteiger partial charge in [0.1, 0.15) is 0 Å². The molecule has 0 bridgehead atoms. The molecule has 0 heterocycles. The summed E-state index contributed by atoms with van der Waals surface area (Å²) >= 11 is 12.5. The van der Waals surface area contributed by atoms with E-state index in [0.29, 0.717) is 21.2 Å². The van der Waals surface area contributed by atoms with Gasteiger partial charge in [-0.3, -0.25) is 0 Å². The van der Waals surface area contributed by atoms with Crippen LogP contribution in [0.1, 0.15) is 33.4 Å². The molecule has 34 heavy (non-hydrogen) atoms. The Morgan fingerprint density at radius 3 is 1.21 bits per heavy atom. The first kappa shape index (κ1) is 23.1. The third-order valence-electron chi connectivity index (χ3n) is 5.32. The quantitative estimate of drug-likeness (QED) is 0.270. The van der Waals surface area contributed by atoms with Gasteiger partial charge in [0.05, 0.1) is 23.3 Å². The molecule has 0 aromatic heterocycles. The van der Waals surface area contributed by atoms with Crippen molar-refractivity contribution >= 4 is 47.5 Å². The first-order valence-corrected chi connectivity index (χ1v) is 11.3. The molecule has 162 valence electrons. The molecule has 0 N–H and O–H groups in total. The van der Waals surface area contributed by atoms with E-state index in [1.807, 2.05) is 36.4 Å². The van der Waals surface area contributed by atoms with Crippen LogP contribution in [0, 0.1) is 22.7 Å². The van der Waals surface area contributed by atoms with Gasteiger partial charge in [0.25, 0.3) is 0 Å². The Labute approximate surface area is 209 Å². The van der Waals surface area contributed by atoms with Gasteiger partial charge < -0.3 is 0 Å². The van der Waals surface area contributed by atoms with Crippen LogP contribution < -0.4 is 0 Å². The van der Waals surface area contributed by atoms with Crippen LogP contribution in [-0.2, 0) is 0 Å². The maximum Gasteiger partial charge on any atom is 0.0992 e. The maximum absolute atomic E-state index is 8.95. The number of nitriles is 2. The van der Waals surface area contributed by atoms with E-state index in [-0.39, 0.29) is 0 Å². The van der Waals surface area contributed by atoms with Crippen molar-refractivity contribution in [3.05, 3.63) is 128 Å². The van der Waals surface area contributed by atoms with E-state index >= 15 is 0 Å². The lowest BCUT2D eigenvalue weighted by molar-refractivity contribution is 1.48. The highest BCUT2D eigenvalue weighted by Crippen LogP contribution is 2.24. The Morgan fingerprint density at radius 2 is 0.882 bits per heavy atom. The summed E-state index contributed by atoms with van der Waals surface area (Å²) in [5.41, 5.74) is 7.20. The van der Waals surface area contributed by atoms with Crippen LogP contribution >= 0.6 is 23.2 Å². The molecule has 0 radical (unpaired) electrons. The smallest absolute Gasteiger partial charge is 0.0992 e. The van der Waals surface area contributed by atoms with E-state index in [1.54, 1.807) is 24.3 Å². The molecule has 4 aromatic rings. The summed E-state index contributed by atoms with van der Waals surface area (Å²) in [4.78, 5) is 0. The normalized spacial score (nSPS) is 10.9. The van der Waals surface area contributed by atoms with Gasteiger partial charge in [0, 0.05) is 10.0 Å². The van der Waals surface area contributed by atoms with Crippen LogP contribution in [-0.4, -0.2) is 0 Å². The highest BCUT2D eigenvalue weighted by molar-refractivity contribution is 6.32. The molecule has 0 amide bonds. The highest BCUT2D eigenvalue weighted by atomic mass is 35.5. The van der Waals surface area contributed by atoms with Gasteiger partial charge in [-0.1, -0.05) is 108 Å². The fourth-order valence-electron chi connectivity index (χ4n) is 3.41. The van der Waals surface area contributed by atoms with E-state index in [1.165, 1.54) is 0 Å². The maximum atomic E-state index is 8.95. The second kappa shape index (κ2) is 10.7. The first-order chi connectivity index (χ1) is 16.6. The third kappa shape index (κ3) is 5.64. The summed E-state index contributed by atoms with van der Waals surface area (Å²) in [5.74, 6) is 0. The molecule has 0 fully saturated rings. The fourth-order valence-corrected chi connectivity index (χ4v) is 3.90. The summed E-state index contributed by atoms with van der Waals surface area (Å²) in [7, 11) is 0. The van der Waals surface area contributed by atoms with E-state index in [9.17, 15) is 0 Å². The van der Waals surface area contributed by atoms with Gasteiger partial charge in [-0.15, -0.1) is 0 Å². The van der Waals surface area contributed by atoms with Crippen molar-refractivity contribution in [1.29, 1.82) is 10.5 Å². The molecule has 0 saturated carbocycles.